The first-order valence-electron chi connectivity index (χ1n) is 26.3. The molecule has 3 N–H and O–H groups in total. The number of hydrogen-bond donors (Lipinski definition) is 3. The van der Waals surface area contributed by atoms with Gasteiger partial charge >= 0.3 is 0 Å². The molecule has 2 aliphatic heterocycles. The topological polar surface area (TPSA) is 222 Å². The molecule has 0 unspecified atom stereocenters. The van der Waals surface area contributed by atoms with Crippen molar-refractivity contribution in [2.75, 3.05) is 31.2 Å². The second-order valence-corrected chi connectivity index (χ2v) is 27.7. The van der Waals surface area contributed by atoms with Crippen LogP contribution in [-0.4, -0.2) is 107 Å². The highest BCUT2D eigenvalue weighted by Crippen LogP contribution is 2.70. The molecule has 444 valence electrons. The smallest absolute Gasteiger partial charge is 0.268 e. The van der Waals surface area contributed by atoms with E-state index in [1.165, 1.54) is 54.0 Å². The van der Waals surface area contributed by atoms with Crippen molar-refractivity contribution in [3.63, 3.8) is 0 Å². The number of hydrogen-bond acceptors (Lipinski definition) is 14. The van der Waals surface area contributed by atoms with Crippen molar-refractivity contribution in [2.45, 2.75) is 125 Å². The first kappa shape index (κ1) is 64.1. The Balaban J connectivity index is 0.000000204. The summed E-state index contributed by atoms with van der Waals surface area (Å²) >= 11 is 6.15. The van der Waals surface area contributed by atoms with Crippen molar-refractivity contribution in [1.29, 1.82) is 0 Å². The molecule has 2 amide bonds. The number of sulfonamides is 2. The monoisotopic (exact) mass is 1250 g/mol. The Labute approximate surface area is 502 Å². The largest absolute Gasteiger partial charge is 0.476 e. The Morgan fingerprint density at radius 1 is 0.646 bits per heavy atom. The van der Waals surface area contributed by atoms with Gasteiger partial charge in [-0.15, -0.1) is 22.6 Å². The molecular weight excluding hydrogens is 1180 g/mol. The van der Waals surface area contributed by atoms with Gasteiger partial charge in [0.05, 0.1) is 34.1 Å². The van der Waals surface area contributed by atoms with E-state index in [-0.39, 0.29) is 81.8 Å². The summed E-state index contributed by atoms with van der Waals surface area (Å²) in [6.45, 7) is 15.8. The van der Waals surface area contributed by atoms with Gasteiger partial charge in [0.2, 0.25) is 11.8 Å². The molecule has 4 bridgehead atoms. The van der Waals surface area contributed by atoms with Crippen LogP contribution in [0.25, 0.3) is 11.6 Å². The molecule has 14 rings (SSSR count). The molecular formula is C56H70Cl2F2N10O8S4. The van der Waals surface area contributed by atoms with Crippen LogP contribution < -0.4 is 29.1 Å². The van der Waals surface area contributed by atoms with E-state index in [1.807, 2.05) is 4.72 Å². The number of nitrogens with one attached hydrogen (secondary N) is 3. The fourth-order valence-corrected chi connectivity index (χ4v) is 14.5. The number of carbonyl (C=O) groups is 2. The van der Waals surface area contributed by atoms with E-state index >= 15 is 0 Å². The highest BCUT2D eigenvalue weighted by Gasteiger charge is 2.70. The molecule has 8 fully saturated rings. The van der Waals surface area contributed by atoms with Gasteiger partial charge < -0.3 is 19.7 Å². The standard InChI is InChI=1S/C28H32FN5O4S.C21H18ClFN4O4S.C7H15N.ClH.2H2S/c1-19-13-26(2,3)33(14-19)24-21(25(35)32-39(36,37)20-7-5-4-6-8-20)9-10-22(30-24)34-12-11-23(31-34)38-18-27-15-28(29,16-27)17-27;22-18-15(19(28)26-32(29,30)14-4-2-1-3-5-14)6-7-16(24-18)27-9-8-17(25-27)31-13-20-10-21(23,11-20)12-20;1-6-4-7(2,3)8-5-6;;;/h4-12,19H,13-18H2,1-3H3,(H,32,35);1-9H,10-13H2,(H,26,28);6,8H,4-5H2,1-3H3;1H;2*1H2/t19-,27?,28?;;6-;;;/m0.0.../s1. The maximum absolute atomic E-state index is 13.8. The van der Waals surface area contributed by atoms with Crippen molar-refractivity contribution in [1.82, 2.24) is 44.3 Å². The number of ether oxygens (including phenoxy) is 2. The Hall–Kier alpha value is -5.50. The molecule has 2 saturated heterocycles. The number of carbonyl (C=O) groups excluding carboxylic acids is 2. The van der Waals surface area contributed by atoms with Gasteiger partial charge in [-0.25, -0.2) is 54.4 Å². The molecule has 82 heavy (non-hydrogen) atoms. The average molecular weight is 1250 g/mol. The SMILES string of the molecule is C[C@@H]1CN(c2nc(-n3ccc(OCC45CC(F)(C4)C5)n3)ccc2C(=O)NS(=O)(=O)c2ccccc2)C(C)(C)C1.C[C@@H]1CNC(C)(C)C1.Cl.O=C(NS(=O)(=O)c1ccccc1)c1ccc(-n2ccc(OCC34CC(F)(C3)C4)n2)nc1Cl.S.S. The molecule has 2 atom stereocenters. The van der Waals surface area contributed by atoms with Crippen molar-refractivity contribution < 1.29 is 44.7 Å². The predicted molar refractivity (Wildman–Crippen MR) is 320 cm³/mol. The highest BCUT2D eigenvalue weighted by molar-refractivity contribution is 7.90. The summed E-state index contributed by atoms with van der Waals surface area (Å²) in [6, 6.07) is 24.7. The highest BCUT2D eigenvalue weighted by atomic mass is 35.5. The number of amides is 2. The Kier molecular flexibility index (Phi) is 18.6. The van der Waals surface area contributed by atoms with Gasteiger partial charge in [0.15, 0.2) is 11.6 Å². The molecule has 0 spiro atoms. The van der Waals surface area contributed by atoms with Crippen LogP contribution in [0.1, 0.15) is 114 Å². The molecule has 8 aliphatic rings. The van der Waals surface area contributed by atoms with Gasteiger partial charge in [-0.1, -0.05) is 61.8 Å². The van der Waals surface area contributed by atoms with Crippen molar-refractivity contribution >= 4 is 88.7 Å². The van der Waals surface area contributed by atoms with Crippen LogP contribution in [0.2, 0.25) is 5.15 Å². The van der Waals surface area contributed by atoms with Gasteiger partial charge in [-0.2, -0.15) is 27.0 Å². The number of alkyl halides is 2. The number of rotatable bonds is 15. The molecule has 6 aliphatic carbocycles. The van der Waals surface area contributed by atoms with Crippen molar-refractivity contribution in [2.24, 2.45) is 22.7 Å². The number of benzene rings is 2. The van der Waals surface area contributed by atoms with E-state index in [4.69, 9.17) is 26.1 Å². The van der Waals surface area contributed by atoms with E-state index in [0.29, 0.717) is 99.0 Å². The van der Waals surface area contributed by atoms with Gasteiger partial charge in [0, 0.05) is 53.0 Å². The summed E-state index contributed by atoms with van der Waals surface area (Å²) in [5.41, 5.74) is -1.88. The van der Waals surface area contributed by atoms with Gasteiger partial charge in [0.1, 0.15) is 22.3 Å². The van der Waals surface area contributed by atoms with Crippen LogP contribution in [0.3, 0.4) is 0 Å². The minimum atomic E-state index is -4.07. The second kappa shape index (κ2) is 23.9. The average Bonchev–Trinajstić information content (AvgIpc) is 3.85. The fourth-order valence-electron chi connectivity index (χ4n) is 12.3. The maximum Gasteiger partial charge on any atom is 0.268 e. The third-order valence-electron chi connectivity index (χ3n) is 15.7. The Bertz CT molecular complexity index is 3490. The normalized spacial score (nSPS) is 25.5. The minimum absolute atomic E-state index is 0. The first-order valence-corrected chi connectivity index (χ1v) is 29.7. The Morgan fingerprint density at radius 2 is 1.09 bits per heavy atom. The molecule has 18 nitrogen and oxygen atoms in total. The molecule has 0 radical (unpaired) electrons. The van der Waals surface area contributed by atoms with Crippen LogP contribution in [-0.2, 0) is 20.0 Å². The maximum atomic E-state index is 13.8. The lowest BCUT2D eigenvalue weighted by Crippen LogP contribution is -2.66. The fraction of sp³-hybridized carbons (Fsp3) is 0.464. The third-order valence-corrected chi connectivity index (χ3v) is 18.6. The quantitative estimate of drug-likeness (QED) is 0.0815. The zero-order valence-electron chi connectivity index (χ0n) is 46.3. The van der Waals surface area contributed by atoms with Crippen LogP contribution in [0, 0.1) is 22.7 Å². The van der Waals surface area contributed by atoms with E-state index in [1.54, 1.807) is 77.7 Å². The molecule has 4 aromatic heterocycles. The van der Waals surface area contributed by atoms with E-state index in [2.05, 4.69) is 71.7 Å². The summed E-state index contributed by atoms with van der Waals surface area (Å²) in [5, 5.41) is 12.0. The van der Waals surface area contributed by atoms with Crippen LogP contribution >= 0.6 is 51.0 Å². The molecule has 6 saturated carbocycles. The van der Waals surface area contributed by atoms with Gasteiger partial charge in [-0.3, -0.25) is 9.59 Å². The van der Waals surface area contributed by atoms with Crippen LogP contribution in [0.5, 0.6) is 11.8 Å². The van der Waals surface area contributed by atoms with E-state index < -0.39 is 43.2 Å². The lowest BCUT2D eigenvalue weighted by atomic mass is 9.43. The van der Waals surface area contributed by atoms with Crippen molar-refractivity contribution in [3.8, 4) is 23.4 Å². The van der Waals surface area contributed by atoms with E-state index in [0.717, 1.165) is 12.3 Å². The third kappa shape index (κ3) is 13.8. The molecule has 26 heteroatoms. The molecule has 6 aromatic rings. The van der Waals surface area contributed by atoms with Crippen LogP contribution in [0.4, 0.5) is 14.6 Å². The number of pyridine rings is 2. The summed E-state index contributed by atoms with van der Waals surface area (Å²) in [6.07, 6.45) is 8.85. The zero-order chi connectivity index (χ0) is 56.4. The zero-order valence-corrected chi connectivity index (χ0v) is 51.5. The first-order chi connectivity index (χ1) is 37.1. The van der Waals surface area contributed by atoms with E-state index in [9.17, 15) is 35.2 Å². The van der Waals surface area contributed by atoms with Gasteiger partial charge in [0.25, 0.3) is 31.9 Å². The molecule has 6 heterocycles. The molecule has 2 aromatic carbocycles. The van der Waals surface area contributed by atoms with Crippen molar-refractivity contribution in [3.05, 3.63) is 126 Å². The summed E-state index contributed by atoms with van der Waals surface area (Å²) in [5.74, 6) is 1.56. The lowest BCUT2D eigenvalue weighted by Gasteiger charge is -2.65. The second-order valence-electron chi connectivity index (χ2n) is 24.0. The van der Waals surface area contributed by atoms with Gasteiger partial charge in [-0.05, 0) is 146 Å². The summed E-state index contributed by atoms with van der Waals surface area (Å²) < 4.78 is 96.6. The Morgan fingerprint density at radius 3 is 1.46 bits per heavy atom. The number of nitrogens with zero attached hydrogens (tertiary/aromatic N) is 7. The number of anilines is 1. The minimum Gasteiger partial charge on any atom is -0.476 e. The summed E-state index contributed by atoms with van der Waals surface area (Å²) in [7, 11) is -8.11. The number of aromatic nitrogens is 6. The van der Waals surface area contributed by atoms with Crippen LogP contribution in [0.15, 0.2) is 119 Å². The summed E-state index contributed by atoms with van der Waals surface area (Å²) in [4.78, 5) is 36.8. The number of halogens is 4. The predicted octanol–water partition coefficient (Wildman–Crippen LogP) is 9.63. The lowest BCUT2D eigenvalue weighted by molar-refractivity contribution is -0.226.